The van der Waals surface area contributed by atoms with E-state index in [1.165, 1.54) is 0 Å². The molecule has 4 heteroatoms. The van der Waals surface area contributed by atoms with Gasteiger partial charge in [0.15, 0.2) is 0 Å². The van der Waals surface area contributed by atoms with E-state index in [4.69, 9.17) is 14.6 Å². The summed E-state index contributed by atoms with van der Waals surface area (Å²) in [7, 11) is 3.53. The van der Waals surface area contributed by atoms with E-state index in [2.05, 4.69) is 5.32 Å². The third-order valence-corrected chi connectivity index (χ3v) is 2.47. The molecule has 1 aromatic rings. The molecule has 0 spiro atoms. The minimum absolute atomic E-state index is 0.136. The van der Waals surface area contributed by atoms with Gasteiger partial charge in [0.2, 0.25) is 0 Å². The number of aliphatic hydroxyl groups is 1. The molecule has 0 amide bonds. The Labute approximate surface area is 103 Å². The lowest BCUT2D eigenvalue weighted by molar-refractivity contribution is 0.173. The van der Waals surface area contributed by atoms with Crippen molar-refractivity contribution in [3.8, 4) is 11.5 Å². The first-order valence-corrected chi connectivity index (χ1v) is 5.76. The van der Waals surface area contributed by atoms with E-state index in [-0.39, 0.29) is 12.5 Å². The van der Waals surface area contributed by atoms with E-state index in [0.717, 1.165) is 23.6 Å². The fraction of sp³-hybridized carbons (Fsp3) is 0.538. The predicted octanol–water partition coefficient (Wildman–Crippen LogP) is 1.42. The van der Waals surface area contributed by atoms with Crippen LogP contribution in [0.5, 0.6) is 11.5 Å². The van der Waals surface area contributed by atoms with Crippen LogP contribution in [0.1, 0.15) is 12.5 Å². The van der Waals surface area contributed by atoms with Crippen LogP contribution in [0.2, 0.25) is 0 Å². The molecular formula is C13H21NO3. The van der Waals surface area contributed by atoms with Gasteiger partial charge in [-0.25, -0.2) is 0 Å². The number of aliphatic hydroxyl groups excluding tert-OH is 1. The Morgan fingerprint density at radius 3 is 2.76 bits per heavy atom. The van der Waals surface area contributed by atoms with Crippen molar-refractivity contribution in [3.63, 3.8) is 0 Å². The molecule has 0 aromatic heterocycles. The summed E-state index contributed by atoms with van der Waals surface area (Å²) < 4.78 is 10.9. The quantitative estimate of drug-likeness (QED) is 0.755. The molecule has 0 radical (unpaired) electrons. The van der Waals surface area contributed by atoms with E-state index in [0.29, 0.717) is 6.61 Å². The summed E-state index contributed by atoms with van der Waals surface area (Å²) in [4.78, 5) is 0. The molecule has 0 aliphatic heterocycles. The Morgan fingerprint density at radius 2 is 2.18 bits per heavy atom. The second-order valence-electron chi connectivity index (χ2n) is 4.10. The maximum atomic E-state index is 8.96. The van der Waals surface area contributed by atoms with Gasteiger partial charge in [-0.05, 0) is 25.2 Å². The number of nitrogens with one attached hydrogen (secondary N) is 1. The van der Waals surface area contributed by atoms with Gasteiger partial charge in [0.05, 0.1) is 13.7 Å². The second kappa shape index (κ2) is 7.14. The Hall–Kier alpha value is -1.26. The lowest BCUT2D eigenvalue weighted by atomic mass is 10.1. The fourth-order valence-corrected chi connectivity index (χ4v) is 1.44. The summed E-state index contributed by atoms with van der Waals surface area (Å²) in [5, 5.41) is 12.0. The van der Waals surface area contributed by atoms with Gasteiger partial charge in [-0.1, -0.05) is 6.92 Å². The van der Waals surface area contributed by atoms with Crippen LogP contribution in [-0.2, 0) is 6.54 Å². The van der Waals surface area contributed by atoms with E-state index in [1.807, 2.05) is 32.2 Å². The van der Waals surface area contributed by atoms with Crippen LogP contribution in [0.25, 0.3) is 0 Å². The Bertz CT molecular complexity index is 341. The van der Waals surface area contributed by atoms with Crippen molar-refractivity contribution in [3.05, 3.63) is 23.8 Å². The molecule has 2 N–H and O–H groups in total. The van der Waals surface area contributed by atoms with E-state index in [1.54, 1.807) is 7.11 Å². The Balaban J connectivity index is 2.75. The van der Waals surface area contributed by atoms with Crippen LogP contribution in [-0.4, -0.2) is 32.5 Å². The molecule has 0 saturated carbocycles. The van der Waals surface area contributed by atoms with E-state index >= 15 is 0 Å². The molecule has 0 heterocycles. The van der Waals surface area contributed by atoms with Crippen molar-refractivity contribution < 1.29 is 14.6 Å². The van der Waals surface area contributed by atoms with Crippen LogP contribution in [0.15, 0.2) is 18.2 Å². The molecule has 96 valence electrons. The number of hydrogen-bond donors (Lipinski definition) is 2. The van der Waals surface area contributed by atoms with Gasteiger partial charge in [-0.2, -0.15) is 0 Å². The van der Waals surface area contributed by atoms with E-state index in [9.17, 15) is 0 Å². The highest BCUT2D eigenvalue weighted by atomic mass is 16.5. The number of ether oxygens (including phenoxy) is 2. The molecule has 17 heavy (non-hydrogen) atoms. The minimum atomic E-state index is 0.136. The van der Waals surface area contributed by atoms with Gasteiger partial charge < -0.3 is 19.9 Å². The molecule has 0 aliphatic carbocycles. The van der Waals surface area contributed by atoms with Crippen LogP contribution in [0.4, 0.5) is 0 Å². The normalized spacial score (nSPS) is 12.2. The number of rotatable bonds is 7. The minimum Gasteiger partial charge on any atom is -0.497 e. The van der Waals surface area contributed by atoms with Crippen molar-refractivity contribution >= 4 is 0 Å². The Kier molecular flexibility index (Phi) is 5.80. The molecule has 1 unspecified atom stereocenters. The first-order chi connectivity index (χ1) is 8.21. The molecular weight excluding hydrogens is 218 g/mol. The SMILES string of the molecule is CNCc1cc(OC)ccc1OCC(C)CO. The average Bonchev–Trinajstić information content (AvgIpc) is 2.37. The smallest absolute Gasteiger partial charge is 0.124 e. The third-order valence-electron chi connectivity index (χ3n) is 2.47. The molecule has 0 bridgehead atoms. The first-order valence-electron chi connectivity index (χ1n) is 5.76. The topological polar surface area (TPSA) is 50.7 Å². The van der Waals surface area contributed by atoms with Crippen LogP contribution in [0, 0.1) is 5.92 Å². The summed E-state index contributed by atoms with van der Waals surface area (Å²) in [6.45, 7) is 3.32. The van der Waals surface area contributed by atoms with Crippen LogP contribution in [0.3, 0.4) is 0 Å². The largest absolute Gasteiger partial charge is 0.497 e. The zero-order valence-corrected chi connectivity index (χ0v) is 10.7. The van der Waals surface area contributed by atoms with Crippen LogP contribution < -0.4 is 14.8 Å². The van der Waals surface area contributed by atoms with Crippen molar-refractivity contribution in [2.45, 2.75) is 13.5 Å². The molecule has 1 atom stereocenters. The summed E-state index contributed by atoms with van der Waals surface area (Å²) in [5.41, 5.74) is 1.05. The monoisotopic (exact) mass is 239 g/mol. The Morgan fingerprint density at radius 1 is 1.41 bits per heavy atom. The highest BCUT2D eigenvalue weighted by molar-refractivity contribution is 5.40. The summed E-state index contributed by atoms with van der Waals surface area (Å²) in [6, 6.07) is 5.73. The highest BCUT2D eigenvalue weighted by Gasteiger charge is 2.07. The number of hydrogen-bond acceptors (Lipinski definition) is 4. The maximum Gasteiger partial charge on any atom is 0.124 e. The highest BCUT2D eigenvalue weighted by Crippen LogP contribution is 2.24. The van der Waals surface area contributed by atoms with Crippen molar-refractivity contribution in [1.29, 1.82) is 0 Å². The summed E-state index contributed by atoms with van der Waals surface area (Å²) in [6.07, 6.45) is 0. The van der Waals surface area contributed by atoms with Gasteiger partial charge in [-0.3, -0.25) is 0 Å². The predicted molar refractivity (Wildman–Crippen MR) is 67.5 cm³/mol. The van der Waals surface area contributed by atoms with Gasteiger partial charge in [0, 0.05) is 24.6 Å². The standard InChI is InChI=1S/C13H21NO3/c1-10(8-15)9-17-13-5-4-12(16-3)6-11(13)7-14-2/h4-6,10,14-15H,7-9H2,1-3H3. The van der Waals surface area contributed by atoms with Gasteiger partial charge in [0.1, 0.15) is 11.5 Å². The van der Waals surface area contributed by atoms with Crippen molar-refractivity contribution in [2.24, 2.45) is 5.92 Å². The maximum absolute atomic E-state index is 8.96. The number of benzene rings is 1. The lowest BCUT2D eigenvalue weighted by Crippen LogP contribution is -2.14. The average molecular weight is 239 g/mol. The fourth-order valence-electron chi connectivity index (χ4n) is 1.44. The van der Waals surface area contributed by atoms with Crippen LogP contribution >= 0.6 is 0 Å². The molecule has 0 aliphatic rings. The zero-order valence-electron chi connectivity index (χ0n) is 10.7. The van der Waals surface area contributed by atoms with E-state index < -0.39 is 0 Å². The zero-order chi connectivity index (χ0) is 12.7. The number of methoxy groups -OCH3 is 1. The summed E-state index contributed by atoms with van der Waals surface area (Å²) in [5.74, 6) is 1.79. The molecule has 0 fully saturated rings. The molecule has 4 nitrogen and oxygen atoms in total. The van der Waals surface area contributed by atoms with Crippen molar-refractivity contribution in [2.75, 3.05) is 27.4 Å². The molecule has 0 saturated heterocycles. The van der Waals surface area contributed by atoms with Gasteiger partial charge >= 0.3 is 0 Å². The summed E-state index contributed by atoms with van der Waals surface area (Å²) >= 11 is 0. The molecule has 1 rings (SSSR count). The second-order valence-corrected chi connectivity index (χ2v) is 4.10. The van der Waals surface area contributed by atoms with Gasteiger partial charge in [-0.15, -0.1) is 0 Å². The van der Waals surface area contributed by atoms with Crippen molar-refractivity contribution in [1.82, 2.24) is 5.32 Å². The first kappa shape index (κ1) is 13.8. The van der Waals surface area contributed by atoms with Gasteiger partial charge in [0.25, 0.3) is 0 Å². The third kappa shape index (κ3) is 4.24. The lowest BCUT2D eigenvalue weighted by Gasteiger charge is -2.15. The molecule has 1 aromatic carbocycles.